The molecule has 1 aliphatic heterocycles. The van der Waals surface area contributed by atoms with E-state index in [-0.39, 0.29) is 54.1 Å². The summed E-state index contributed by atoms with van der Waals surface area (Å²) in [6, 6.07) is 6.17. The zero-order valence-electron chi connectivity index (χ0n) is 17.6. The van der Waals surface area contributed by atoms with Crippen molar-refractivity contribution in [2.75, 3.05) is 19.9 Å². The molecule has 1 heterocycles. The van der Waals surface area contributed by atoms with Crippen molar-refractivity contribution < 1.29 is 17.9 Å². The number of hydrogen-bond acceptors (Lipinski definition) is 6. The Balaban J connectivity index is 1.72. The molecule has 0 aromatic heterocycles. The first-order valence-electron chi connectivity index (χ1n) is 10.3. The van der Waals surface area contributed by atoms with E-state index in [1.54, 1.807) is 4.90 Å². The molecular formula is C21H27Cl2N3O4S. The van der Waals surface area contributed by atoms with E-state index in [0.717, 1.165) is 12.8 Å². The fraction of sp³-hybridized carbons (Fsp3) is 0.619. The standard InChI is InChI=1S/C21H27Cl2N3O4S/c1-14(2)7-20(27)26-10-17(31(28,29)19-4-3-15(22)8-18(19)23)9-16(26)11-30-13-25-21(12-24)5-6-21/h3-4,8,14,16-17,25H,5-7,9-11,13H2,1-2H3/t16-,17+/m0/s1. The number of sulfone groups is 1. The largest absolute Gasteiger partial charge is 0.364 e. The molecule has 0 bridgehead atoms. The van der Waals surface area contributed by atoms with Gasteiger partial charge in [0.2, 0.25) is 5.91 Å². The van der Waals surface area contributed by atoms with Gasteiger partial charge in [-0.2, -0.15) is 5.26 Å². The first-order chi connectivity index (χ1) is 14.6. The zero-order chi connectivity index (χ0) is 22.8. The molecule has 10 heteroatoms. The van der Waals surface area contributed by atoms with Gasteiger partial charge in [-0.15, -0.1) is 0 Å². The average molecular weight is 488 g/mol. The molecule has 31 heavy (non-hydrogen) atoms. The summed E-state index contributed by atoms with van der Waals surface area (Å²) in [7, 11) is -3.76. The Morgan fingerprint density at radius 1 is 1.39 bits per heavy atom. The van der Waals surface area contributed by atoms with Crippen LogP contribution in [0.25, 0.3) is 0 Å². The van der Waals surface area contributed by atoms with E-state index in [2.05, 4.69) is 11.4 Å². The Kier molecular flexibility index (Phi) is 7.54. The molecule has 7 nitrogen and oxygen atoms in total. The first kappa shape index (κ1) is 24.3. The number of benzene rings is 1. The monoisotopic (exact) mass is 487 g/mol. The van der Waals surface area contributed by atoms with Gasteiger partial charge in [0.15, 0.2) is 9.84 Å². The summed E-state index contributed by atoms with van der Waals surface area (Å²) in [6.45, 7) is 4.36. The summed E-state index contributed by atoms with van der Waals surface area (Å²) >= 11 is 12.1. The second-order valence-electron chi connectivity index (χ2n) is 8.66. The summed E-state index contributed by atoms with van der Waals surface area (Å²) in [5.41, 5.74) is -0.500. The van der Waals surface area contributed by atoms with Gasteiger partial charge in [-0.3, -0.25) is 10.1 Å². The molecule has 1 N–H and O–H groups in total. The minimum Gasteiger partial charge on any atom is -0.364 e. The van der Waals surface area contributed by atoms with Gasteiger partial charge in [-0.05, 0) is 43.4 Å². The van der Waals surface area contributed by atoms with Crippen LogP contribution < -0.4 is 5.32 Å². The Bertz CT molecular complexity index is 973. The predicted molar refractivity (Wildman–Crippen MR) is 119 cm³/mol. The van der Waals surface area contributed by atoms with Crippen molar-refractivity contribution >= 4 is 38.9 Å². The Hall–Kier alpha value is -1.37. The van der Waals surface area contributed by atoms with Crippen LogP contribution in [-0.4, -0.2) is 55.9 Å². The van der Waals surface area contributed by atoms with Crippen LogP contribution in [0.1, 0.15) is 39.5 Å². The van der Waals surface area contributed by atoms with E-state index >= 15 is 0 Å². The number of halogens is 2. The van der Waals surface area contributed by atoms with Crippen LogP contribution in [0.15, 0.2) is 23.1 Å². The Morgan fingerprint density at radius 2 is 2.10 bits per heavy atom. The van der Waals surface area contributed by atoms with E-state index in [1.165, 1.54) is 18.2 Å². The van der Waals surface area contributed by atoms with Gasteiger partial charge in [-0.1, -0.05) is 37.0 Å². The van der Waals surface area contributed by atoms with E-state index in [1.807, 2.05) is 13.8 Å². The predicted octanol–water partition coefficient (Wildman–Crippen LogP) is 3.40. The first-order valence-corrected chi connectivity index (χ1v) is 12.6. The molecule has 3 rings (SSSR count). The summed E-state index contributed by atoms with van der Waals surface area (Å²) in [4.78, 5) is 14.4. The number of hydrogen-bond donors (Lipinski definition) is 1. The van der Waals surface area contributed by atoms with Crippen LogP contribution >= 0.6 is 23.2 Å². The molecule has 1 aliphatic carbocycles. The molecule has 2 aliphatic rings. The average Bonchev–Trinajstić information content (AvgIpc) is 3.33. The van der Waals surface area contributed by atoms with Crippen LogP contribution in [0, 0.1) is 17.2 Å². The normalized spacial score (nSPS) is 22.5. The second-order valence-corrected chi connectivity index (χ2v) is 11.7. The van der Waals surface area contributed by atoms with Crippen molar-refractivity contribution in [2.24, 2.45) is 5.92 Å². The minimum atomic E-state index is -3.76. The summed E-state index contributed by atoms with van der Waals surface area (Å²) in [5.74, 6) is 0.0644. The Morgan fingerprint density at radius 3 is 2.68 bits per heavy atom. The summed E-state index contributed by atoms with van der Waals surface area (Å²) in [6.07, 6.45) is 2.17. The SMILES string of the molecule is CC(C)CC(=O)N1C[C@H](S(=O)(=O)c2ccc(Cl)cc2Cl)C[C@H]1COCNC1(C#N)CC1. The van der Waals surface area contributed by atoms with E-state index < -0.39 is 20.6 Å². The van der Waals surface area contributed by atoms with E-state index in [4.69, 9.17) is 33.2 Å². The van der Waals surface area contributed by atoms with Crippen LogP contribution in [0.3, 0.4) is 0 Å². The van der Waals surface area contributed by atoms with Gasteiger partial charge in [0, 0.05) is 18.0 Å². The third-order valence-corrected chi connectivity index (χ3v) is 8.55. The van der Waals surface area contributed by atoms with Crippen LogP contribution in [0.2, 0.25) is 10.0 Å². The lowest BCUT2D eigenvalue weighted by molar-refractivity contribution is -0.134. The lowest BCUT2D eigenvalue weighted by Crippen LogP contribution is -2.40. The van der Waals surface area contributed by atoms with Crippen molar-refractivity contribution in [1.82, 2.24) is 10.2 Å². The highest BCUT2D eigenvalue weighted by Crippen LogP contribution is 2.35. The molecule has 1 amide bonds. The third-order valence-electron chi connectivity index (χ3n) is 5.71. The molecule has 1 aromatic rings. The van der Waals surface area contributed by atoms with Gasteiger partial charge in [-0.25, -0.2) is 8.42 Å². The highest BCUT2D eigenvalue weighted by Gasteiger charge is 2.44. The second kappa shape index (κ2) is 9.63. The molecule has 1 saturated heterocycles. The van der Waals surface area contributed by atoms with Gasteiger partial charge >= 0.3 is 0 Å². The van der Waals surface area contributed by atoms with Gasteiger partial charge < -0.3 is 9.64 Å². The number of rotatable bonds is 9. The number of nitrogens with zero attached hydrogens (tertiary/aromatic N) is 2. The number of nitriles is 1. The molecule has 2 atom stereocenters. The van der Waals surface area contributed by atoms with Crippen molar-refractivity contribution in [3.8, 4) is 6.07 Å². The smallest absolute Gasteiger partial charge is 0.223 e. The summed E-state index contributed by atoms with van der Waals surface area (Å²) < 4.78 is 32.2. The number of likely N-dealkylation sites (tertiary alicyclic amines) is 1. The molecule has 1 aromatic carbocycles. The minimum absolute atomic E-state index is 0.0211. The van der Waals surface area contributed by atoms with Crippen LogP contribution in [0.4, 0.5) is 0 Å². The van der Waals surface area contributed by atoms with E-state index in [0.29, 0.717) is 11.4 Å². The molecule has 0 radical (unpaired) electrons. The Labute approximate surface area is 193 Å². The number of amides is 1. The molecular weight excluding hydrogens is 461 g/mol. The number of ether oxygens (including phenoxy) is 1. The van der Waals surface area contributed by atoms with Gasteiger partial charge in [0.1, 0.15) is 5.54 Å². The van der Waals surface area contributed by atoms with Crippen molar-refractivity contribution in [2.45, 2.75) is 61.3 Å². The molecule has 170 valence electrons. The molecule has 0 spiro atoms. The lowest BCUT2D eigenvalue weighted by atomic mass is 10.1. The van der Waals surface area contributed by atoms with Crippen molar-refractivity contribution in [3.05, 3.63) is 28.2 Å². The molecule has 1 saturated carbocycles. The van der Waals surface area contributed by atoms with Crippen LogP contribution in [-0.2, 0) is 19.4 Å². The number of nitrogens with one attached hydrogen (secondary N) is 1. The van der Waals surface area contributed by atoms with Gasteiger partial charge in [0.05, 0.1) is 40.6 Å². The topological polar surface area (TPSA) is 99.5 Å². The summed E-state index contributed by atoms with van der Waals surface area (Å²) in [5, 5.41) is 11.8. The fourth-order valence-electron chi connectivity index (χ4n) is 3.75. The van der Waals surface area contributed by atoms with Gasteiger partial charge in [0.25, 0.3) is 0 Å². The van der Waals surface area contributed by atoms with Crippen molar-refractivity contribution in [1.29, 1.82) is 5.26 Å². The van der Waals surface area contributed by atoms with Crippen molar-refractivity contribution in [3.63, 3.8) is 0 Å². The lowest BCUT2D eigenvalue weighted by Gasteiger charge is -2.25. The quantitative estimate of drug-likeness (QED) is 0.423. The maximum Gasteiger partial charge on any atom is 0.223 e. The highest BCUT2D eigenvalue weighted by atomic mass is 35.5. The third kappa shape index (κ3) is 5.71. The maximum absolute atomic E-state index is 13.3. The highest BCUT2D eigenvalue weighted by molar-refractivity contribution is 7.92. The van der Waals surface area contributed by atoms with E-state index in [9.17, 15) is 13.2 Å². The fourth-order valence-corrected chi connectivity index (χ4v) is 6.26. The zero-order valence-corrected chi connectivity index (χ0v) is 19.9. The number of carbonyl (C=O) groups excluding carboxylic acids is 1. The molecule has 2 fully saturated rings. The maximum atomic E-state index is 13.3. The molecule has 0 unspecified atom stereocenters. The number of carbonyl (C=O) groups is 1. The van der Waals surface area contributed by atoms with Crippen LogP contribution in [0.5, 0.6) is 0 Å².